The molecule has 0 radical (unpaired) electrons. The Kier molecular flexibility index (Phi) is 3.93. The number of hydrogen-bond acceptors (Lipinski definition) is 2. The quantitative estimate of drug-likeness (QED) is 0.620. The molecule has 0 aliphatic carbocycles. The number of carbonyl (C=O) groups excluding carboxylic acids is 1. The molecule has 0 unspecified atom stereocenters. The molecule has 1 aromatic rings. The lowest BCUT2D eigenvalue weighted by Crippen LogP contribution is -2.08. The largest absolute Gasteiger partial charge is 0.468 e. The molecule has 13 heavy (non-hydrogen) atoms. The lowest BCUT2D eigenvalue weighted by atomic mass is 10.1. The van der Waals surface area contributed by atoms with Crippen LogP contribution in [0.25, 0.3) is 0 Å². The van der Waals surface area contributed by atoms with E-state index >= 15 is 0 Å². The van der Waals surface area contributed by atoms with Crippen molar-refractivity contribution in [1.82, 2.24) is 0 Å². The molecule has 4 heteroatoms. The molecule has 0 aliphatic rings. The summed E-state index contributed by atoms with van der Waals surface area (Å²) in [5, 5.41) is 0. The number of carbonyl (C=O) groups is 1. The summed E-state index contributed by atoms with van der Waals surface area (Å²) in [7, 11) is 1.37. The van der Waals surface area contributed by atoms with Crippen molar-refractivity contribution in [2.75, 3.05) is 7.11 Å². The predicted octanol–water partition coefficient (Wildman–Crippen LogP) is 3.06. The number of esters is 1. The number of ether oxygens (including phenoxy) is 1. The molecule has 70 valence electrons. The Morgan fingerprint density at radius 3 is 2.62 bits per heavy atom. The average molecular weight is 308 g/mol. The van der Waals surface area contributed by atoms with Crippen LogP contribution in [0.15, 0.2) is 28.7 Å². The third-order valence-corrected chi connectivity index (χ3v) is 3.18. The van der Waals surface area contributed by atoms with E-state index in [1.54, 1.807) is 0 Å². The maximum atomic E-state index is 11.2. The summed E-state index contributed by atoms with van der Waals surface area (Å²) < 4.78 is 5.51. The van der Waals surface area contributed by atoms with E-state index in [1.165, 1.54) is 7.11 Å². The Labute approximate surface area is 93.5 Å². The summed E-state index contributed by atoms with van der Waals surface area (Å²) in [6, 6.07) is 7.51. The molecule has 0 heterocycles. The van der Waals surface area contributed by atoms with Crippen molar-refractivity contribution in [3.8, 4) is 0 Å². The SMILES string of the molecule is COC(=O)[C@@H](Br)c1ccccc1Br. The summed E-state index contributed by atoms with van der Waals surface area (Å²) >= 11 is 6.61. The lowest BCUT2D eigenvalue weighted by Gasteiger charge is -2.09. The summed E-state index contributed by atoms with van der Waals surface area (Å²) in [4.78, 5) is 10.8. The molecule has 1 atom stereocenters. The van der Waals surface area contributed by atoms with Gasteiger partial charge in [0.2, 0.25) is 0 Å². The molecule has 0 bridgehead atoms. The van der Waals surface area contributed by atoms with Gasteiger partial charge in [0.1, 0.15) is 4.83 Å². The van der Waals surface area contributed by atoms with Gasteiger partial charge in [-0.15, -0.1) is 0 Å². The molecule has 0 aliphatic heterocycles. The van der Waals surface area contributed by atoms with Gasteiger partial charge in [0, 0.05) is 4.47 Å². The second-order valence-corrected chi connectivity index (χ2v) is 4.18. The third kappa shape index (κ3) is 2.54. The minimum absolute atomic E-state index is 0.299. The first-order valence-electron chi connectivity index (χ1n) is 3.63. The zero-order valence-electron chi connectivity index (χ0n) is 6.96. The van der Waals surface area contributed by atoms with E-state index in [0.29, 0.717) is 0 Å². The van der Waals surface area contributed by atoms with Gasteiger partial charge in [-0.2, -0.15) is 0 Å². The van der Waals surface area contributed by atoms with Crippen LogP contribution in [0.4, 0.5) is 0 Å². The van der Waals surface area contributed by atoms with E-state index < -0.39 is 4.83 Å². The minimum Gasteiger partial charge on any atom is -0.468 e. The van der Waals surface area contributed by atoms with Crippen LogP contribution in [0.5, 0.6) is 0 Å². The van der Waals surface area contributed by atoms with Crippen LogP contribution in [0.1, 0.15) is 10.4 Å². The van der Waals surface area contributed by atoms with E-state index in [2.05, 4.69) is 36.6 Å². The fraction of sp³-hybridized carbons (Fsp3) is 0.222. The first-order valence-corrected chi connectivity index (χ1v) is 5.34. The summed E-state index contributed by atoms with van der Waals surface area (Å²) in [5.41, 5.74) is 0.870. The van der Waals surface area contributed by atoms with Crippen LogP contribution >= 0.6 is 31.9 Å². The molecule has 0 saturated carbocycles. The Morgan fingerprint density at radius 2 is 2.08 bits per heavy atom. The highest BCUT2D eigenvalue weighted by Gasteiger charge is 2.19. The van der Waals surface area contributed by atoms with Gasteiger partial charge in [0.25, 0.3) is 0 Å². The van der Waals surface area contributed by atoms with Crippen LogP contribution in [0.3, 0.4) is 0 Å². The van der Waals surface area contributed by atoms with Gasteiger partial charge in [-0.05, 0) is 11.6 Å². The van der Waals surface area contributed by atoms with Crippen LogP contribution in [0, 0.1) is 0 Å². The van der Waals surface area contributed by atoms with E-state index in [4.69, 9.17) is 0 Å². The molecule has 0 aromatic heterocycles. The molecule has 0 spiro atoms. The number of halogens is 2. The first-order chi connectivity index (χ1) is 6.16. The zero-order valence-corrected chi connectivity index (χ0v) is 10.1. The van der Waals surface area contributed by atoms with E-state index in [1.807, 2.05) is 24.3 Å². The van der Waals surface area contributed by atoms with Crippen LogP contribution in [0.2, 0.25) is 0 Å². The zero-order chi connectivity index (χ0) is 9.84. The van der Waals surface area contributed by atoms with Gasteiger partial charge in [-0.25, -0.2) is 0 Å². The average Bonchev–Trinajstić information content (AvgIpc) is 2.16. The van der Waals surface area contributed by atoms with Gasteiger partial charge in [-0.3, -0.25) is 4.79 Å². The van der Waals surface area contributed by atoms with Gasteiger partial charge in [0.15, 0.2) is 0 Å². The highest BCUT2D eigenvalue weighted by Crippen LogP contribution is 2.30. The minimum atomic E-state index is -0.409. The van der Waals surface area contributed by atoms with Crippen molar-refractivity contribution in [2.45, 2.75) is 4.83 Å². The van der Waals surface area contributed by atoms with E-state index in [-0.39, 0.29) is 5.97 Å². The van der Waals surface area contributed by atoms with E-state index in [9.17, 15) is 4.79 Å². The van der Waals surface area contributed by atoms with Crippen molar-refractivity contribution >= 4 is 37.8 Å². The summed E-state index contributed by atoms with van der Waals surface area (Å²) in [5.74, 6) is -0.299. The highest BCUT2D eigenvalue weighted by molar-refractivity contribution is 9.11. The monoisotopic (exact) mass is 306 g/mol. The molecule has 0 saturated heterocycles. The van der Waals surface area contributed by atoms with Crippen molar-refractivity contribution in [3.05, 3.63) is 34.3 Å². The van der Waals surface area contributed by atoms with Gasteiger partial charge < -0.3 is 4.74 Å². The number of alkyl halides is 1. The van der Waals surface area contributed by atoms with Gasteiger partial charge >= 0.3 is 5.97 Å². The molecule has 0 N–H and O–H groups in total. The Balaban J connectivity index is 2.95. The Hall–Kier alpha value is -0.350. The molecule has 1 aromatic carbocycles. The predicted molar refractivity (Wildman–Crippen MR) is 57.8 cm³/mol. The second kappa shape index (κ2) is 4.77. The second-order valence-electron chi connectivity index (χ2n) is 2.41. The molecule has 2 nitrogen and oxygen atoms in total. The number of benzene rings is 1. The Morgan fingerprint density at radius 1 is 1.46 bits per heavy atom. The van der Waals surface area contributed by atoms with Crippen molar-refractivity contribution in [3.63, 3.8) is 0 Å². The van der Waals surface area contributed by atoms with Gasteiger partial charge in [-0.1, -0.05) is 50.1 Å². The smallest absolute Gasteiger partial charge is 0.324 e. The maximum absolute atomic E-state index is 11.2. The van der Waals surface area contributed by atoms with Crippen molar-refractivity contribution < 1.29 is 9.53 Å². The third-order valence-electron chi connectivity index (χ3n) is 1.59. The normalized spacial score (nSPS) is 12.2. The fourth-order valence-corrected chi connectivity index (χ4v) is 2.32. The number of rotatable bonds is 2. The van der Waals surface area contributed by atoms with Crippen LogP contribution < -0.4 is 0 Å². The molecule has 1 rings (SSSR count). The van der Waals surface area contributed by atoms with E-state index in [0.717, 1.165) is 10.0 Å². The standard InChI is InChI=1S/C9H8Br2O2/c1-13-9(12)8(11)6-4-2-3-5-7(6)10/h2-5,8H,1H3/t8-/m0/s1. The molecule has 0 fully saturated rings. The van der Waals surface area contributed by atoms with Crippen LogP contribution in [-0.4, -0.2) is 13.1 Å². The highest BCUT2D eigenvalue weighted by atomic mass is 79.9. The maximum Gasteiger partial charge on any atom is 0.324 e. The van der Waals surface area contributed by atoms with Crippen molar-refractivity contribution in [1.29, 1.82) is 0 Å². The van der Waals surface area contributed by atoms with Crippen molar-refractivity contribution in [2.24, 2.45) is 0 Å². The fourth-order valence-electron chi connectivity index (χ4n) is 0.911. The van der Waals surface area contributed by atoms with Gasteiger partial charge in [0.05, 0.1) is 7.11 Å². The summed E-state index contributed by atoms with van der Waals surface area (Å²) in [6.45, 7) is 0. The molecule has 0 amide bonds. The Bertz CT molecular complexity index is 312. The lowest BCUT2D eigenvalue weighted by molar-refractivity contribution is -0.139. The number of methoxy groups -OCH3 is 1. The number of hydrogen-bond donors (Lipinski definition) is 0. The first kappa shape index (κ1) is 10.7. The topological polar surface area (TPSA) is 26.3 Å². The molecular formula is C9H8Br2O2. The van der Waals surface area contributed by atoms with Crippen LogP contribution in [-0.2, 0) is 9.53 Å². The molecular weight excluding hydrogens is 300 g/mol. The summed E-state index contributed by atoms with van der Waals surface area (Å²) in [6.07, 6.45) is 0.